The van der Waals surface area contributed by atoms with E-state index in [4.69, 9.17) is 42.2 Å². The largest absolute Gasteiger partial charge is 0.477 e. The van der Waals surface area contributed by atoms with Crippen LogP contribution in [0.4, 0.5) is 20.2 Å². The van der Waals surface area contributed by atoms with E-state index in [-0.39, 0.29) is 45.0 Å². The highest BCUT2D eigenvalue weighted by Gasteiger charge is 2.18. The number of rotatable bonds is 14. The third-order valence-electron chi connectivity index (χ3n) is 14.3. The zero-order valence-electron chi connectivity index (χ0n) is 53.4. The van der Waals surface area contributed by atoms with Crippen LogP contribution in [0.1, 0.15) is 62.1 Å². The summed E-state index contributed by atoms with van der Waals surface area (Å²) >= 11 is 9.16. The first-order chi connectivity index (χ1) is 50.3. The van der Waals surface area contributed by atoms with Gasteiger partial charge in [0.15, 0.2) is 0 Å². The maximum atomic E-state index is 13.5. The fraction of sp³-hybridized carbons (Fsp3) is 0. The van der Waals surface area contributed by atoms with Gasteiger partial charge in [0.2, 0.25) is 0 Å². The topological polar surface area (TPSA) is 507 Å². The molecule has 0 amide bonds. The molecule has 0 saturated heterocycles. The van der Waals surface area contributed by atoms with Crippen molar-refractivity contribution in [3.05, 3.63) is 356 Å². The number of aromatic nitrogens is 6. The van der Waals surface area contributed by atoms with Crippen molar-refractivity contribution < 1.29 is 78.0 Å². The molecule has 0 fully saturated rings. The number of carboxylic acid groups (broad SMARTS) is 6. The van der Waals surface area contributed by atoms with Gasteiger partial charge in [0.05, 0.1) is 9.85 Å². The summed E-state index contributed by atoms with van der Waals surface area (Å²) in [5.41, 5.74) is 0.158. The highest BCUT2D eigenvalue weighted by Crippen LogP contribution is 2.27. The molecule has 0 spiro atoms. The van der Waals surface area contributed by atoms with Crippen LogP contribution >= 0.6 is 27.5 Å². The van der Waals surface area contributed by atoms with Gasteiger partial charge in [-0.2, -0.15) is 0 Å². The van der Waals surface area contributed by atoms with E-state index < -0.39 is 96.0 Å². The van der Waals surface area contributed by atoms with Gasteiger partial charge in [-0.05, 0) is 147 Å². The summed E-state index contributed by atoms with van der Waals surface area (Å²) in [5, 5.41) is 74.7. The number of nitro groups is 2. The molecule has 0 aliphatic carbocycles. The predicted octanol–water partition coefficient (Wildman–Crippen LogP) is 12.0. The van der Waals surface area contributed by atoms with E-state index in [0.29, 0.717) is 55.1 Å². The number of nitrogens with zero attached hydrogens (tertiary/aromatic N) is 2. The molecule has 12 rings (SSSR count). The summed E-state index contributed by atoms with van der Waals surface area (Å²) in [6.45, 7) is 0. The summed E-state index contributed by atoms with van der Waals surface area (Å²) in [7, 11) is 0. The number of halogens is 4. The minimum atomic E-state index is -1.35. The van der Waals surface area contributed by atoms with Gasteiger partial charge < -0.3 is 60.5 Å². The van der Waals surface area contributed by atoms with Gasteiger partial charge in [-0.1, -0.05) is 94.3 Å². The van der Waals surface area contributed by atoms with Crippen molar-refractivity contribution in [1.29, 1.82) is 0 Å². The first-order valence-electron chi connectivity index (χ1n) is 29.6. The van der Waals surface area contributed by atoms with Crippen molar-refractivity contribution in [2.24, 2.45) is 0 Å². The standard InChI is InChI=1S/C12H8BrNO3.C12H8ClNO3.2C12H8FNO3.2C12H8N2O5/c13-9-3-1-7(2-4-9)8-5-10(12(16)17)11(15)14-6-8;13-9-3-1-2-7(4-9)8-5-10(12(16)17)11(15)14-6-8;13-9-3-1-7(2-4-9)8-5-10(12(16)17)11(15)14-6-8;13-10-4-2-1-3-8(10)7-5-9(12(16)17)11(15)14-6-7;15-11-10(12(16)17)5-8(6-13-11)7-1-3-9(4-2-7)14(18)19;15-11-10(12(16)17)5-8(6-13-11)7-2-1-3-9(4-7)14(18)19/h4*1-6H,(H,14,15)(H,16,17);2*1-6H,(H,13,15)(H,16,17). The van der Waals surface area contributed by atoms with E-state index in [0.717, 1.165) is 21.7 Å². The number of hydrogen-bond donors (Lipinski definition) is 12. The quantitative estimate of drug-likeness (QED) is 0.0355. The van der Waals surface area contributed by atoms with Crippen LogP contribution in [0.15, 0.2) is 252 Å². The normalized spacial score (nSPS) is 10.2. The van der Waals surface area contributed by atoms with Gasteiger partial charge in [-0.3, -0.25) is 49.0 Å². The smallest absolute Gasteiger partial charge is 0.341 e. The van der Waals surface area contributed by atoms with Crippen LogP contribution in [-0.4, -0.2) is 106 Å². The molecule has 0 unspecified atom stereocenters. The maximum Gasteiger partial charge on any atom is 0.341 e. The average molecular weight is 1530 g/mol. The molecule has 34 heteroatoms. The Hall–Kier alpha value is -14.7. The van der Waals surface area contributed by atoms with Gasteiger partial charge in [-0.15, -0.1) is 0 Å². The number of non-ortho nitro benzene ring substituents is 2. The Labute approximate surface area is 602 Å². The number of aromatic carboxylic acids is 6. The van der Waals surface area contributed by atoms with Gasteiger partial charge >= 0.3 is 35.8 Å². The monoisotopic (exact) mass is 1530 g/mol. The van der Waals surface area contributed by atoms with Crippen LogP contribution in [0.25, 0.3) is 66.8 Å². The molecular weight excluding hydrogens is 1480 g/mol. The zero-order valence-corrected chi connectivity index (χ0v) is 55.7. The van der Waals surface area contributed by atoms with E-state index in [1.165, 1.54) is 152 Å². The number of H-pyrrole nitrogens is 6. The molecule has 0 aliphatic heterocycles. The number of carboxylic acids is 6. The Kier molecular flexibility index (Phi) is 26.7. The molecule has 106 heavy (non-hydrogen) atoms. The maximum absolute atomic E-state index is 13.5. The minimum absolute atomic E-state index is 0.0633. The number of carbonyl (C=O) groups is 6. The Morgan fingerprint density at radius 1 is 0.330 bits per heavy atom. The van der Waals surface area contributed by atoms with Gasteiger partial charge in [0, 0.05) is 82.1 Å². The van der Waals surface area contributed by atoms with Crippen LogP contribution in [0.3, 0.4) is 0 Å². The summed E-state index contributed by atoms with van der Waals surface area (Å²) in [6.07, 6.45) is 8.30. The Balaban J connectivity index is 0.000000178. The lowest BCUT2D eigenvalue weighted by atomic mass is 10.1. The third-order valence-corrected chi connectivity index (χ3v) is 15.1. The fourth-order valence-corrected chi connectivity index (χ4v) is 9.52. The molecule has 30 nitrogen and oxygen atoms in total. The van der Waals surface area contributed by atoms with Crippen LogP contribution in [0, 0.1) is 31.9 Å². The van der Waals surface area contributed by atoms with Gasteiger partial charge in [0.25, 0.3) is 44.7 Å². The molecule has 12 aromatic rings. The Bertz CT molecular complexity index is 5630. The second-order valence-electron chi connectivity index (χ2n) is 21.2. The molecule has 0 aliphatic rings. The van der Waals surface area contributed by atoms with E-state index in [1.807, 2.05) is 24.3 Å². The van der Waals surface area contributed by atoms with E-state index in [2.05, 4.69) is 45.8 Å². The molecule has 0 bridgehead atoms. The number of nitro benzene ring substituents is 2. The Morgan fingerprint density at radius 3 is 0.953 bits per heavy atom. The Morgan fingerprint density at radius 2 is 0.623 bits per heavy atom. The van der Waals surface area contributed by atoms with Crippen LogP contribution in [0.2, 0.25) is 5.02 Å². The van der Waals surface area contributed by atoms with Crippen molar-refractivity contribution in [2.75, 3.05) is 0 Å². The SMILES string of the molecule is O=C(O)c1cc(-c2ccc(Br)cc2)c[nH]c1=O.O=C(O)c1cc(-c2ccc(F)cc2)c[nH]c1=O.O=C(O)c1cc(-c2ccc([N+](=O)[O-])cc2)c[nH]c1=O.O=C(O)c1cc(-c2cccc(Cl)c2)c[nH]c1=O.O=C(O)c1cc(-c2cccc([N+](=O)[O-])c2)c[nH]c1=O.O=C(O)c1cc(-c2ccccc2F)c[nH]c1=O. The van der Waals surface area contributed by atoms with Crippen molar-refractivity contribution in [2.45, 2.75) is 0 Å². The number of hydrogen-bond acceptors (Lipinski definition) is 16. The van der Waals surface area contributed by atoms with E-state index in [1.54, 1.807) is 36.4 Å². The predicted molar refractivity (Wildman–Crippen MR) is 383 cm³/mol. The molecule has 6 aromatic heterocycles. The van der Waals surface area contributed by atoms with Crippen molar-refractivity contribution in [3.8, 4) is 66.8 Å². The van der Waals surface area contributed by atoms with Crippen LogP contribution < -0.4 is 33.4 Å². The molecule has 0 radical (unpaired) electrons. The zero-order chi connectivity index (χ0) is 77.6. The summed E-state index contributed by atoms with van der Waals surface area (Å²) < 4.78 is 27.1. The highest BCUT2D eigenvalue weighted by molar-refractivity contribution is 9.10. The van der Waals surface area contributed by atoms with E-state index >= 15 is 0 Å². The summed E-state index contributed by atoms with van der Waals surface area (Å²) in [4.78, 5) is 166. The number of pyridine rings is 6. The minimum Gasteiger partial charge on any atom is -0.477 e. The summed E-state index contributed by atoms with van der Waals surface area (Å²) in [6, 6.07) is 44.6. The number of aromatic amines is 6. The van der Waals surface area contributed by atoms with Gasteiger partial charge in [-0.25, -0.2) is 37.5 Å². The first-order valence-corrected chi connectivity index (χ1v) is 30.8. The first kappa shape index (κ1) is 78.6. The van der Waals surface area contributed by atoms with Crippen molar-refractivity contribution in [3.63, 3.8) is 0 Å². The van der Waals surface area contributed by atoms with Crippen molar-refractivity contribution >= 4 is 74.7 Å². The fourth-order valence-electron chi connectivity index (χ4n) is 9.07. The highest BCUT2D eigenvalue weighted by atomic mass is 79.9. The number of nitrogens with one attached hydrogen (secondary N) is 6. The summed E-state index contributed by atoms with van der Waals surface area (Å²) in [5.74, 6) is -8.66. The lowest BCUT2D eigenvalue weighted by Gasteiger charge is -2.03. The van der Waals surface area contributed by atoms with Crippen LogP contribution in [0.5, 0.6) is 0 Å². The molecule has 0 saturated carbocycles. The molecular formula is C72H48BrClF2N8O22. The lowest BCUT2D eigenvalue weighted by molar-refractivity contribution is -0.385. The second kappa shape index (κ2) is 36.0. The molecule has 0 atom stereocenters. The third kappa shape index (κ3) is 21.4. The molecule has 12 N–H and O–H groups in total. The molecule has 536 valence electrons. The molecule has 6 heterocycles. The number of benzene rings is 6. The molecule has 6 aromatic carbocycles. The lowest BCUT2D eigenvalue weighted by Crippen LogP contribution is -2.16. The van der Waals surface area contributed by atoms with Gasteiger partial charge in [0.1, 0.15) is 45.0 Å². The van der Waals surface area contributed by atoms with Crippen LogP contribution in [-0.2, 0) is 0 Å². The van der Waals surface area contributed by atoms with Crippen molar-refractivity contribution in [1.82, 2.24) is 29.9 Å². The second-order valence-corrected chi connectivity index (χ2v) is 22.6. The van der Waals surface area contributed by atoms with E-state index in [9.17, 15) is 86.5 Å². The average Bonchev–Trinajstić information content (AvgIpc) is 0.854.